The molecule has 0 fully saturated rings. The standard InChI is InChI=1S/C11H17NO2/c1-3-5-6-9-7-12-8-10(9)11(13)14-4-2/h7-8,12H,3-6H2,1-2H3. The minimum absolute atomic E-state index is 0.222. The van der Waals surface area contributed by atoms with E-state index < -0.39 is 0 Å². The number of H-pyrrole nitrogens is 1. The lowest BCUT2D eigenvalue weighted by atomic mass is 10.1. The molecule has 1 N–H and O–H groups in total. The molecule has 14 heavy (non-hydrogen) atoms. The van der Waals surface area contributed by atoms with Gasteiger partial charge >= 0.3 is 5.97 Å². The van der Waals surface area contributed by atoms with Crippen LogP contribution in [-0.4, -0.2) is 17.6 Å². The van der Waals surface area contributed by atoms with Gasteiger partial charge in [-0.2, -0.15) is 0 Å². The summed E-state index contributed by atoms with van der Waals surface area (Å²) in [6, 6.07) is 0. The third kappa shape index (κ3) is 2.62. The van der Waals surface area contributed by atoms with Gasteiger partial charge in [0.05, 0.1) is 12.2 Å². The average Bonchev–Trinajstić information content (AvgIpc) is 2.63. The van der Waals surface area contributed by atoms with Gasteiger partial charge in [-0.05, 0) is 25.3 Å². The summed E-state index contributed by atoms with van der Waals surface area (Å²) < 4.78 is 4.95. The molecule has 0 unspecified atom stereocenters. The highest BCUT2D eigenvalue weighted by molar-refractivity contribution is 5.90. The molecule has 0 atom stereocenters. The van der Waals surface area contributed by atoms with Crippen molar-refractivity contribution in [2.24, 2.45) is 0 Å². The minimum Gasteiger partial charge on any atom is -0.462 e. The van der Waals surface area contributed by atoms with Crippen molar-refractivity contribution in [1.29, 1.82) is 0 Å². The number of aromatic amines is 1. The van der Waals surface area contributed by atoms with Gasteiger partial charge in [-0.3, -0.25) is 0 Å². The molecule has 1 rings (SSSR count). The first kappa shape index (κ1) is 10.8. The van der Waals surface area contributed by atoms with E-state index in [0.29, 0.717) is 12.2 Å². The molecule has 0 aliphatic carbocycles. The zero-order valence-corrected chi connectivity index (χ0v) is 8.80. The number of unbranched alkanes of at least 4 members (excludes halogenated alkanes) is 1. The van der Waals surface area contributed by atoms with Gasteiger partial charge in [-0.1, -0.05) is 13.3 Å². The quantitative estimate of drug-likeness (QED) is 0.733. The van der Waals surface area contributed by atoms with Crippen LogP contribution in [0.1, 0.15) is 42.6 Å². The number of aryl methyl sites for hydroxylation is 1. The van der Waals surface area contributed by atoms with Crippen LogP contribution in [0, 0.1) is 0 Å². The van der Waals surface area contributed by atoms with Crippen LogP contribution in [0.15, 0.2) is 12.4 Å². The fraction of sp³-hybridized carbons (Fsp3) is 0.545. The number of rotatable bonds is 5. The average molecular weight is 195 g/mol. The minimum atomic E-state index is -0.222. The Morgan fingerprint density at radius 2 is 2.21 bits per heavy atom. The van der Waals surface area contributed by atoms with Gasteiger partial charge in [-0.15, -0.1) is 0 Å². The number of hydrogen-bond acceptors (Lipinski definition) is 2. The molecule has 0 saturated carbocycles. The fourth-order valence-electron chi connectivity index (χ4n) is 1.37. The molecular weight excluding hydrogens is 178 g/mol. The lowest BCUT2D eigenvalue weighted by Crippen LogP contribution is -2.05. The Kier molecular flexibility index (Phi) is 4.23. The van der Waals surface area contributed by atoms with Crippen LogP contribution in [0.4, 0.5) is 0 Å². The normalized spacial score (nSPS) is 10.1. The molecule has 78 valence electrons. The van der Waals surface area contributed by atoms with Crippen LogP contribution in [0.5, 0.6) is 0 Å². The second-order valence-electron chi connectivity index (χ2n) is 3.22. The Bertz CT molecular complexity index is 291. The second-order valence-corrected chi connectivity index (χ2v) is 3.22. The third-order valence-electron chi connectivity index (χ3n) is 2.13. The van der Waals surface area contributed by atoms with Crippen LogP contribution in [-0.2, 0) is 11.2 Å². The van der Waals surface area contributed by atoms with Crippen molar-refractivity contribution in [1.82, 2.24) is 4.98 Å². The zero-order chi connectivity index (χ0) is 10.4. The van der Waals surface area contributed by atoms with E-state index in [1.165, 1.54) is 0 Å². The van der Waals surface area contributed by atoms with Gasteiger partial charge in [0.2, 0.25) is 0 Å². The topological polar surface area (TPSA) is 42.1 Å². The van der Waals surface area contributed by atoms with Gasteiger partial charge in [0, 0.05) is 12.4 Å². The summed E-state index contributed by atoms with van der Waals surface area (Å²) in [5.74, 6) is -0.222. The van der Waals surface area contributed by atoms with E-state index in [9.17, 15) is 4.79 Å². The Balaban J connectivity index is 2.66. The number of nitrogens with one attached hydrogen (secondary N) is 1. The van der Waals surface area contributed by atoms with E-state index in [1.54, 1.807) is 6.20 Å². The Hall–Kier alpha value is -1.25. The molecule has 3 heteroatoms. The van der Waals surface area contributed by atoms with Crippen LogP contribution in [0.25, 0.3) is 0 Å². The molecule has 3 nitrogen and oxygen atoms in total. The van der Waals surface area contributed by atoms with Crippen LogP contribution < -0.4 is 0 Å². The number of carbonyl (C=O) groups excluding carboxylic acids is 1. The Morgan fingerprint density at radius 3 is 2.86 bits per heavy atom. The molecular formula is C11H17NO2. The van der Waals surface area contributed by atoms with Crippen molar-refractivity contribution in [3.8, 4) is 0 Å². The summed E-state index contributed by atoms with van der Waals surface area (Å²) in [6.07, 6.45) is 6.76. The maximum atomic E-state index is 11.4. The summed E-state index contributed by atoms with van der Waals surface area (Å²) in [5.41, 5.74) is 1.74. The van der Waals surface area contributed by atoms with E-state index in [2.05, 4.69) is 11.9 Å². The predicted molar refractivity (Wildman–Crippen MR) is 55.4 cm³/mol. The first-order valence-corrected chi connectivity index (χ1v) is 5.12. The lowest BCUT2D eigenvalue weighted by molar-refractivity contribution is 0.0525. The van der Waals surface area contributed by atoms with Crippen LogP contribution >= 0.6 is 0 Å². The van der Waals surface area contributed by atoms with Crippen molar-refractivity contribution < 1.29 is 9.53 Å². The van der Waals surface area contributed by atoms with Crippen molar-refractivity contribution in [3.63, 3.8) is 0 Å². The fourth-order valence-corrected chi connectivity index (χ4v) is 1.37. The van der Waals surface area contributed by atoms with Crippen molar-refractivity contribution in [2.45, 2.75) is 33.1 Å². The highest BCUT2D eigenvalue weighted by atomic mass is 16.5. The summed E-state index contributed by atoms with van der Waals surface area (Å²) in [6.45, 7) is 4.38. The molecule has 0 spiro atoms. The molecule has 0 saturated heterocycles. The van der Waals surface area contributed by atoms with Gasteiger partial charge < -0.3 is 9.72 Å². The summed E-state index contributed by atoms with van der Waals surface area (Å²) in [4.78, 5) is 14.4. The number of carbonyl (C=O) groups is 1. The molecule has 0 bridgehead atoms. The number of ether oxygens (including phenoxy) is 1. The molecule has 1 heterocycles. The van der Waals surface area contributed by atoms with Gasteiger partial charge in [0.1, 0.15) is 0 Å². The highest BCUT2D eigenvalue weighted by Gasteiger charge is 2.12. The largest absolute Gasteiger partial charge is 0.462 e. The second kappa shape index (κ2) is 5.47. The maximum Gasteiger partial charge on any atom is 0.339 e. The van der Waals surface area contributed by atoms with E-state index in [1.807, 2.05) is 13.1 Å². The monoisotopic (exact) mass is 195 g/mol. The Morgan fingerprint density at radius 1 is 1.43 bits per heavy atom. The van der Waals surface area contributed by atoms with Crippen LogP contribution in [0.2, 0.25) is 0 Å². The van der Waals surface area contributed by atoms with Crippen molar-refractivity contribution in [3.05, 3.63) is 23.5 Å². The molecule has 1 aromatic heterocycles. The van der Waals surface area contributed by atoms with Gasteiger partial charge in [-0.25, -0.2) is 4.79 Å². The molecule has 0 aliphatic rings. The smallest absolute Gasteiger partial charge is 0.339 e. The number of hydrogen-bond donors (Lipinski definition) is 1. The van der Waals surface area contributed by atoms with E-state index in [4.69, 9.17) is 4.74 Å². The van der Waals surface area contributed by atoms with Gasteiger partial charge in [0.15, 0.2) is 0 Å². The summed E-state index contributed by atoms with van der Waals surface area (Å²) in [7, 11) is 0. The predicted octanol–water partition coefficient (Wildman–Crippen LogP) is 2.53. The number of esters is 1. The summed E-state index contributed by atoms with van der Waals surface area (Å²) >= 11 is 0. The molecule has 0 aliphatic heterocycles. The Labute approximate surface area is 84.5 Å². The first-order valence-electron chi connectivity index (χ1n) is 5.12. The number of aromatic nitrogens is 1. The van der Waals surface area contributed by atoms with E-state index in [-0.39, 0.29) is 5.97 Å². The lowest BCUT2D eigenvalue weighted by Gasteiger charge is -2.02. The van der Waals surface area contributed by atoms with Crippen molar-refractivity contribution >= 4 is 5.97 Å². The first-order chi connectivity index (χ1) is 6.79. The zero-order valence-electron chi connectivity index (χ0n) is 8.80. The van der Waals surface area contributed by atoms with Crippen LogP contribution in [0.3, 0.4) is 0 Å². The van der Waals surface area contributed by atoms with Gasteiger partial charge in [0.25, 0.3) is 0 Å². The molecule has 0 aromatic carbocycles. The molecule has 0 amide bonds. The molecule has 0 radical (unpaired) electrons. The molecule has 1 aromatic rings. The highest BCUT2D eigenvalue weighted by Crippen LogP contribution is 2.12. The third-order valence-corrected chi connectivity index (χ3v) is 2.13. The van der Waals surface area contributed by atoms with Crippen molar-refractivity contribution in [2.75, 3.05) is 6.61 Å². The SMILES string of the molecule is CCCCc1c[nH]cc1C(=O)OCC. The summed E-state index contributed by atoms with van der Waals surface area (Å²) in [5, 5.41) is 0. The van der Waals surface area contributed by atoms with E-state index >= 15 is 0 Å². The maximum absolute atomic E-state index is 11.4. The van der Waals surface area contributed by atoms with E-state index in [0.717, 1.165) is 24.8 Å².